The molecular weight excluding hydrogens is 288 g/mol. The van der Waals surface area contributed by atoms with Crippen LogP contribution < -0.4 is 5.32 Å². The van der Waals surface area contributed by atoms with Crippen molar-refractivity contribution in [3.8, 4) is 0 Å². The van der Waals surface area contributed by atoms with Gasteiger partial charge in [-0.2, -0.15) is 0 Å². The summed E-state index contributed by atoms with van der Waals surface area (Å²) in [6.45, 7) is 3.38. The molecule has 1 unspecified atom stereocenters. The van der Waals surface area contributed by atoms with Crippen molar-refractivity contribution in [1.82, 2.24) is 19.6 Å². The number of nitrogens with one attached hydrogen (secondary N) is 1. The third-order valence-electron chi connectivity index (χ3n) is 3.95. The summed E-state index contributed by atoms with van der Waals surface area (Å²) in [7, 11) is 0. The van der Waals surface area contributed by atoms with Gasteiger partial charge in [-0.25, -0.2) is 9.78 Å². The Bertz CT molecular complexity index is 654. The first kappa shape index (κ1) is 14.2. The molecule has 1 N–H and O–H groups in total. The fourth-order valence-corrected chi connectivity index (χ4v) is 2.94. The number of fused-ring (bicyclic) bond motifs is 1. The Kier molecular flexibility index (Phi) is 4.01. The highest BCUT2D eigenvalue weighted by atomic mass is 35.5. The van der Waals surface area contributed by atoms with Crippen molar-refractivity contribution >= 4 is 23.3 Å². The van der Waals surface area contributed by atoms with Gasteiger partial charge in [0.15, 0.2) is 0 Å². The molecule has 1 atom stereocenters. The first-order chi connectivity index (χ1) is 10.1. The summed E-state index contributed by atoms with van der Waals surface area (Å²) in [5.74, 6) is 0. The van der Waals surface area contributed by atoms with E-state index in [-0.39, 0.29) is 6.03 Å². The summed E-state index contributed by atoms with van der Waals surface area (Å²) in [5.41, 5.74) is 1.66. The van der Waals surface area contributed by atoms with E-state index in [4.69, 9.17) is 11.6 Å². The number of nitrogens with zero attached hydrogens (tertiary/aromatic N) is 3. The van der Waals surface area contributed by atoms with Crippen LogP contribution >= 0.6 is 11.6 Å². The molecule has 0 spiro atoms. The second-order valence-corrected chi connectivity index (χ2v) is 5.98. The topological polar surface area (TPSA) is 49.6 Å². The Morgan fingerprint density at radius 2 is 2.29 bits per heavy atom. The van der Waals surface area contributed by atoms with Crippen LogP contribution in [-0.2, 0) is 6.54 Å². The summed E-state index contributed by atoms with van der Waals surface area (Å²) in [6, 6.07) is 3.98. The standard InChI is InChI=1S/C15H19ClN4O/c1-11-4-2-3-7-20(11)15(21)17-8-13-10-19-9-12(16)5-6-14(19)18-13/h5-6,9-11H,2-4,7-8H2,1H3,(H,17,21). The number of pyridine rings is 1. The summed E-state index contributed by atoms with van der Waals surface area (Å²) in [4.78, 5) is 18.6. The summed E-state index contributed by atoms with van der Waals surface area (Å²) >= 11 is 5.95. The van der Waals surface area contributed by atoms with Gasteiger partial charge in [-0.3, -0.25) is 0 Å². The van der Waals surface area contributed by atoms with E-state index in [0.29, 0.717) is 17.6 Å². The van der Waals surface area contributed by atoms with Crippen molar-refractivity contribution < 1.29 is 4.79 Å². The monoisotopic (exact) mass is 306 g/mol. The predicted octanol–water partition coefficient (Wildman–Crippen LogP) is 3.07. The SMILES string of the molecule is CC1CCCCN1C(=O)NCc1cn2cc(Cl)ccc2n1. The number of urea groups is 1. The lowest BCUT2D eigenvalue weighted by molar-refractivity contribution is 0.157. The van der Waals surface area contributed by atoms with E-state index < -0.39 is 0 Å². The number of hydrogen-bond donors (Lipinski definition) is 1. The maximum Gasteiger partial charge on any atom is 0.317 e. The number of carbonyl (C=O) groups is 1. The number of carbonyl (C=O) groups excluding carboxylic acids is 1. The first-order valence-electron chi connectivity index (χ1n) is 7.31. The van der Waals surface area contributed by atoms with E-state index in [1.54, 1.807) is 0 Å². The van der Waals surface area contributed by atoms with Gasteiger partial charge >= 0.3 is 6.03 Å². The average Bonchev–Trinajstić information content (AvgIpc) is 2.87. The van der Waals surface area contributed by atoms with Crippen molar-refractivity contribution in [1.29, 1.82) is 0 Å². The fraction of sp³-hybridized carbons (Fsp3) is 0.467. The molecule has 0 saturated carbocycles. The summed E-state index contributed by atoms with van der Waals surface area (Å²) in [6.07, 6.45) is 7.08. The van der Waals surface area contributed by atoms with Gasteiger partial charge in [0, 0.05) is 25.0 Å². The van der Waals surface area contributed by atoms with Crippen LogP contribution in [0.15, 0.2) is 24.5 Å². The maximum absolute atomic E-state index is 12.2. The molecule has 1 fully saturated rings. The van der Waals surface area contributed by atoms with Gasteiger partial charge in [0.05, 0.1) is 17.3 Å². The number of aromatic nitrogens is 2. The van der Waals surface area contributed by atoms with Crippen LogP contribution in [0.1, 0.15) is 31.9 Å². The molecular formula is C15H19ClN4O. The van der Waals surface area contributed by atoms with Gasteiger partial charge < -0.3 is 14.6 Å². The number of likely N-dealkylation sites (tertiary alicyclic amines) is 1. The Hall–Kier alpha value is -1.75. The van der Waals surface area contributed by atoms with E-state index in [1.165, 1.54) is 6.42 Å². The molecule has 0 aromatic carbocycles. The van der Waals surface area contributed by atoms with Gasteiger partial charge in [-0.15, -0.1) is 0 Å². The van der Waals surface area contributed by atoms with Crippen molar-refractivity contribution in [3.63, 3.8) is 0 Å². The van der Waals surface area contributed by atoms with E-state index in [9.17, 15) is 4.79 Å². The average molecular weight is 307 g/mol. The van der Waals surface area contributed by atoms with E-state index in [0.717, 1.165) is 30.7 Å². The van der Waals surface area contributed by atoms with Crippen molar-refractivity contribution in [2.45, 2.75) is 38.8 Å². The Morgan fingerprint density at radius 3 is 3.10 bits per heavy atom. The molecule has 0 radical (unpaired) electrons. The molecule has 6 heteroatoms. The second-order valence-electron chi connectivity index (χ2n) is 5.54. The van der Waals surface area contributed by atoms with E-state index in [2.05, 4.69) is 17.2 Å². The van der Waals surface area contributed by atoms with Gasteiger partial charge in [0.2, 0.25) is 0 Å². The first-order valence-corrected chi connectivity index (χ1v) is 7.69. The molecule has 1 aliphatic rings. The van der Waals surface area contributed by atoms with E-state index >= 15 is 0 Å². The molecule has 2 amide bonds. The van der Waals surface area contributed by atoms with Crippen LogP contribution in [0.25, 0.3) is 5.65 Å². The maximum atomic E-state index is 12.2. The molecule has 3 rings (SSSR count). The van der Waals surface area contributed by atoms with Gasteiger partial charge in [-0.1, -0.05) is 11.6 Å². The number of rotatable bonds is 2. The molecule has 0 aliphatic carbocycles. The Morgan fingerprint density at radius 1 is 1.43 bits per heavy atom. The quantitative estimate of drug-likeness (QED) is 0.927. The van der Waals surface area contributed by atoms with Gasteiger partial charge in [0.25, 0.3) is 0 Å². The molecule has 112 valence electrons. The van der Waals surface area contributed by atoms with Crippen LogP contribution in [-0.4, -0.2) is 32.9 Å². The summed E-state index contributed by atoms with van der Waals surface area (Å²) in [5, 5.41) is 3.62. The molecule has 2 aromatic heterocycles. The number of amides is 2. The Labute approximate surface area is 128 Å². The molecule has 2 aromatic rings. The minimum absolute atomic E-state index is 0.00251. The third kappa shape index (κ3) is 3.13. The van der Waals surface area contributed by atoms with Crippen LogP contribution in [0.4, 0.5) is 4.79 Å². The lowest BCUT2D eigenvalue weighted by Crippen LogP contribution is -2.47. The minimum Gasteiger partial charge on any atom is -0.332 e. The van der Waals surface area contributed by atoms with Crippen LogP contribution in [0.3, 0.4) is 0 Å². The minimum atomic E-state index is -0.00251. The smallest absolute Gasteiger partial charge is 0.317 e. The summed E-state index contributed by atoms with van der Waals surface area (Å²) < 4.78 is 1.87. The zero-order chi connectivity index (χ0) is 14.8. The normalized spacial score (nSPS) is 19.0. The molecule has 5 nitrogen and oxygen atoms in total. The highest BCUT2D eigenvalue weighted by molar-refractivity contribution is 6.30. The highest BCUT2D eigenvalue weighted by Crippen LogP contribution is 2.16. The highest BCUT2D eigenvalue weighted by Gasteiger charge is 2.22. The van der Waals surface area contributed by atoms with Crippen LogP contribution in [0.2, 0.25) is 5.02 Å². The van der Waals surface area contributed by atoms with Crippen molar-refractivity contribution in [2.24, 2.45) is 0 Å². The van der Waals surface area contributed by atoms with Gasteiger partial charge in [0.1, 0.15) is 5.65 Å². The molecule has 0 bridgehead atoms. The van der Waals surface area contributed by atoms with E-state index in [1.807, 2.05) is 33.8 Å². The number of halogens is 1. The zero-order valence-corrected chi connectivity index (χ0v) is 12.8. The van der Waals surface area contributed by atoms with Crippen molar-refractivity contribution in [2.75, 3.05) is 6.54 Å². The third-order valence-corrected chi connectivity index (χ3v) is 4.17. The lowest BCUT2D eigenvalue weighted by atomic mass is 10.0. The zero-order valence-electron chi connectivity index (χ0n) is 12.1. The predicted molar refractivity (Wildman–Crippen MR) is 82.5 cm³/mol. The number of imidazole rings is 1. The molecule has 1 saturated heterocycles. The number of piperidine rings is 1. The lowest BCUT2D eigenvalue weighted by Gasteiger charge is -2.33. The Balaban J connectivity index is 1.64. The largest absolute Gasteiger partial charge is 0.332 e. The van der Waals surface area contributed by atoms with Crippen LogP contribution in [0, 0.1) is 0 Å². The molecule has 1 aliphatic heterocycles. The van der Waals surface area contributed by atoms with Crippen molar-refractivity contribution in [3.05, 3.63) is 35.2 Å². The fourth-order valence-electron chi connectivity index (χ4n) is 2.77. The second kappa shape index (κ2) is 5.93. The van der Waals surface area contributed by atoms with Crippen LogP contribution in [0.5, 0.6) is 0 Å². The molecule has 21 heavy (non-hydrogen) atoms. The number of hydrogen-bond acceptors (Lipinski definition) is 2. The van der Waals surface area contributed by atoms with Gasteiger partial charge in [-0.05, 0) is 38.3 Å². The molecule has 3 heterocycles.